The van der Waals surface area contributed by atoms with Crippen molar-refractivity contribution in [2.75, 3.05) is 0 Å². The van der Waals surface area contributed by atoms with E-state index in [4.69, 9.17) is 15.8 Å². The van der Waals surface area contributed by atoms with Crippen LogP contribution in [0.1, 0.15) is 17.7 Å². The van der Waals surface area contributed by atoms with Crippen LogP contribution in [0.2, 0.25) is 0 Å². The quantitative estimate of drug-likeness (QED) is 0.836. The number of halogens is 1. The first-order valence-electron chi connectivity index (χ1n) is 4.18. The summed E-state index contributed by atoms with van der Waals surface area (Å²) in [5.41, 5.74) is 0.282. The molecule has 90 valence electrons. The fourth-order valence-electron chi connectivity index (χ4n) is 1.11. The molecule has 1 unspecified atom stereocenters. The number of nitrogens with two attached hydrogens (primary N) is 1. The molecule has 0 saturated carbocycles. The normalized spacial score (nSPS) is 14.7. The van der Waals surface area contributed by atoms with Gasteiger partial charge in [0.25, 0.3) is 9.05 Å². The largest absolute Gasteiger partial charge is 0.261 e. The van der Waals surface area contributed by atoms with Crippen LogP contribution in [0.4, 0.5) is 0 Å². The zero-order valence-electron chi connectivity index (χ0n) is 8.29. The van der Waals surface area contributed by atoms with Gasteiger partial charge in [0.2, 0.25) is 10.0 Å². The molecule has 0 aromatic heterocycles. The molecule has 16 heavy (non-hydrogen) atoms. The number of rotatable bonds is 3. The fourth-order valence-corrected chi connectivity index (χ4v) is 2.44. The van der Waals surface area contributed by atoms with Crippen molar-refractivity contribution in [1.29, 1.82) is 0 Å². The molecule has 0 saturated heterocycles. The van der Waals surface area contributed by atoms with Gasteiger partial charge in [-0.05, 0) is 24.6 Å². The van der Waals surface area contributed by atoms with Crippen molar-refractivity contribution in [3.63, 3.8) is 0 Å². The maximum Gasteiger partial charge on any atom is 0.261 e. The number of sulfonamides is 1. The van der Waals surface area contributed by atoms with E-state index in [1.165, 1.54) is 31.2 Å². The Morgan fingerprint density at radius 1 is 1.25 bits per heavy atom. The summed E-state index contributed by atoms with van der Waals surface area (Å²) in [6, 6.07) is 5.35. The maximum absolute atomic E-state index is 11.1. The number of primary sulfonamides is 1. The smallest absolute Gasteiger partial charge is 0.228 e. The molecule has 8 heteroatoms. The Bertz CT molecular complexity index is 594. The number of benzene rings is 1. The van der Waals surface area contributed by atoms with E-state index in [2.05, 4.69) is 0 Å². The third-order valence-electron chi connectivity index (χ3n) is 2.10. The van der Waals surface area contributed by atoms with Crippen LogP contribution in [-0.2, 0) is 19.1 Å². The number of hydrogen-bond donors (Lipinski definition) is 1. The molecule has 1 aromatic rings. The average Bonchev–Trinajstić information content (AvgIpc) is 2.14. The third-order valence-corrected chi connectivity index (χ3v) is 4.71. The molecule has 2 N–H and O–H groups in total. The highest BCUT2D eigenvalue weighted by Crippen LogP contribution is 2.23. The zero-order chi connectivity index (χ0) is 12.6. The van der Waals surface area contributed by atoms with Gasteiger partial charge in [-0.2, -0.15) is 0 Å². The monoisotopic (exact) mass is 283 g/mol. The van der Waals surface area contributed by atoms with Crippen molar-refractivity contribution < 1.29 is 16.8 Å². The summed E-state index contributed by atoms with van der Waals surface area (Å²) in [7, 11) is -2.48. The molecule has 1 rings (SSSR count). The summed E-state index contributed by atoms with van der Waals surface area (Å²) >= 11 is 0. The first kappa shape index (κ1) is 13.4. The molecule has 0 spiro atoms. The second-order valence-corrected chi connectivity index (χ2v) is 7.69. The summed E-state index contributed by atoms with van der Waals surface area (Å²) < 4.78 is 44.3. The molecule has 0 bridgehead atoms. The van der Waals surface area contributed by atoms with E-state index in [0.29, 0.717) is 0 Å². The van der Waals surface area contributed by atoms with Gasteiger partial charge in [-0.1, -0.05) is 12.1 Å². The van der Waals surface area contributed by atoms with Crippen LogP contribution in [0.5, 0.6) is 0 Å². The minimum absolute atomic E-state index is 0.151. The lowest BCUT2D eigenvalue weighted by atomic mass is 10.2. The molecule has 0 heterocycles. The summed E-state index contributed by atoms with van der Waals surface area (Å²) in [5, 5.41) is 3.98. The zero-order valence-corrected chi connectivity index (χ0v) is 10.7. The molecule has 0 aliphatic carbocycles. The second kappa shape index (κ2) is 4.33. The van der Waals surface area contributed by atoms with Crippen LogP contribution < -0.4 is 5.14 Å². The highest BCUT2D eigenvalue weighted by molar-refractivity contribution is 8.13. The Morgan fingerprint density at radius 2 is 1.81 bits per heavy atom. The summed E-state index contributed by atoms with van der Waals surface area (Å²) in [6.07, 6.45) is 0. The van der Waals surface area contributed by atoms with Crippen LogP contribution >= 0.6 is 10.7 Å². The van der Waals surface area contributed by atoms with E-state index < -0.39 is 24.3 Å². The van der Waals surface area contributed by atoms with E-state index in [9.17, 15) is 16.8 Å². The van der Waals surface area contributed by atoms with Gasteiger partial charge in [0.1, 0.15) is 0 Å². The second-order valence-electron chi connectivity index (χ2n) is 3.24. The summed E-state index contributed by atoms with van der Waals surface area (Å²) in [5.74, 6) is 0. The van der Waals surface area contributed by atoms with E-state index in [0.717, 1.165) is 0 Å². The number of hydrogen-bond acceptors (Lipinski definition) is 4. The maximum atomic E-state index is 11.1. The van der Waals surface area contributed by atoms with Crippen LogP contribution in [0.25, 0.3) is 0 Å². The van der Waals surface area contributed by atoms with Crippen molar-refractivity contribution in [2.45, 2.75) is 17.1 Å². The molecule has 1 atom stereocenters. The molecular formula is C8H10ClNO4S2. The van der Waals surface area contributed by atoms with Crippen LogP contribution in [-0.4, -0.2) is 16.8 Å². The molecule has 0 amide bonds. The van der Waals surface area contributed by atoms with Gasteiger partial charge >= 0.3 is 0 Å². The highest BCUT2D eigenvalue weighted by Gasteiger charge is 2.20. The van der Waals surface area contributed by atoms with Gasteiger partial charge in [-0.15, -0.1) is 0 Å². The van der Waals surface area contributed by atoms with Crippen molar-refractivity contribution in [1.82, 2.24) is 0 Å². The minimum atomic E-state index is -3.87. The van der Waals surface area contributed by atoms with E-state index in [1.807, 2.05) is 0 Å². The van der Waals surface area contributed by atoms with Crippen molar-refractivity contribution >= 4 is 29.8 Å². The first-order valence-corrected chi connectivity index (χ1v) is 8.10. The van der Waals surface area contributed by atoms with Gasteiger partial charge in [-0.25, -0.2) is 22.0 Å². The van der Waals surface area contributed by atoms with Gasteiger partial charge in [-0.3, -0.25) is 0 Å². The molecule has 1 aromatic carbocycles. The van der Waals surface area contributed by atoms with E-state index in [-0.39, 0.29) is 10.5 Å². The Kier molecular flexibility index (Phi) is 3.63. The van der Waals surface area contributed by atoms with Crippen LogP contribution in [0.3, 0.4) is 0 Å². The standard InChI is InChI=1S/C8H10ClNO4S2/c1-6(16(10,13)14)7-3-2-4-8(5-7)15(9,11)12/h2-6H,1H3,(H2,10,13,14). The summed E-state index contributed by atoms with van der Waals surface area (Å²) in [4.78, 5) is -0.151. The molecule has 5 nitrogen and oxygen atoms in total. The van der Waals surface area contributed by atoms with Crippen molar-refractivity contribution in [3.05, 3.63) is 29.8 Å². The Hall–Kier alpha value is -0.630. The molecule has 0 radical (unpaired) electrons. The topological polar surface area (TPSA) is 94.3 Å². The lowest BCUT2D eigenvalue weighted by Gasteiger charge is -2.09. The minimum Gasteiger partial charge on any atom is -0.228 e. The average molecular weight is 284 g/mol. The molecule has 0 fully saturated rings. The van der Waals surface area contributed by atoms with Gasteiger partial charge in [0.05, 0.1) is 10.1 Å². The highest BCUT2D eigenvalue weighted by atomic mass is 35.7. The molecule has 0 aliphatic rings. The first-order chi connectivity index (χ1) is 7.12. The lowest BCUT2D eigenvalue weighted by molar-refractivity contribution is 0.587. The Balaban J connectivity index is 3.30. The molecule has 0 aliphatic heterocycles. The fraction of sp³-hybridized carbons (Fsp3) is 0.250. The van der Waals surface area contributed by atoms with Crippen LogP contribution in [0, 0.1) is 0 Å². The lowest BCUT2D eigenvalue weighted by Crippen LogP contribution is -2.19. The van der Waals surface area contributed by atoms with E-state index >= 15 is 0 Å². The third kappa shape index (κ3) is 3.18. The van der Waals surface area contributed by atoms with Gasteiger partial charge < -0.3 is 0 Å². The van der Waals surface area contributed by atoms with Crippen LogP contribution in [0.15, 0.2) is 29.2 Å². The molecular weight excluding hydrogens is 274 g/mol. The Morgan fingerprint density at radius 3 is 2.25 bits per heavy atom. The predicted molar refractivity (Wildman–Crippen MR) is 61.0 cm³/mol. The van der Waals surface area contributed by atoms with E-state index in [1.54, 1.807) is 0 Å². The van der Waals surface area contributed by atoms with Gasteiger partial charge in [0, 0.05) is 10.7 Å². The van der Waals surface area contributed by atoms with Crippen molar-refractivity contribution in [3.8, 4) is 0 Å². The van der Waals surface area contributed by atoms with Crippen molar-refractivity contribution in [2.24, 2.45) is 5.14 Å². The van der Waals surface area contributed by atoms with Gasteiger partial charge in [0.15, 0.2) is 0 Å². The summed E-state index contributed by atoms with van der Waals surface area (Å²) in [6.45, 7) is 1.37. The predicted octanol–water partition coefficient (Wildman–Crippen LogP) is 0.964. The SMILES string of the molecule is CC(c1cccc(S(=O)(=O)Cl)c1)S(N)(=O)=O. The Labute approximate surface area is 98.7 Å².